The van der Waals surface area contributed by atoms with Crippen LogP contribution in [0.25, 0.3) is 0 Å². The molecule has 0 aliphatic carbocycles. The lowest BCUT2D eigenvalue weighted by molar-refractivity contribution is -0.386. The Bertz CT molecular complexity index is 1940. The summed E-state index contributed by atoms with van der Waals surface area (Å²) in [7, 11) is 0. The first-order valence-corrected chi connectivity index (χ1v) is 37.1. The highest BCUT2D eigenvalue weighted by Gasteiger charge is 2.60. The molecule has 14 N–H and O–H groups in total. The molecule has 2 amide bonds. The van der Waals surface area contributed by atoms with Gasteiger partial charge < -0.3 is 100 Å². The summed E-state index contributed by atoms with van der Waals surface area (Å²) in [5.41, 5.74) is 0. The number of aliphatic hydroxyl groups is 11. The Morgan fingerprint density at radius 1 is 0.553 bits per heavy atom. The van der Waals surface area contributed by atoms with E-state index >= 15 is 0 Å². The van der Waals surface area contributed by atoms with Gasteiger partial charge in [0.1, 0.15) is 67.1 Å². The predicted octanol–water partition coefficient (Wildman–Crippen LogP) is 7.85. The standard InChI is InChI=1S/C71H132N2O21/c1-4-6-8-10-12-14-16-17-18-19-20-21-22-23-24-25-26-27-28-29-30-31-32-33-34-35-37-39-41-43-45-58(81)73-52(53(78)44-42-40-38-36-15-13-11-9-7-5-2)50-89-68-63(85)62(84)65(57(49-76)91-68)92-69-64(86)67(61(83)56(48-75)90-69)94-71(70(87)88)46-54(79)59(72-51(3)77)66(93-71)60(82)55(80)47-74/h42,44,52-57,59-69,74-76,78-80,82-86H,4-41,43,45-50H2,1-3H3,(H,72,77)(H,73,81)(H,87,88)/b44-42+. The van der Waals surface area contributed by atoms with Crippen LogP contribution in [0.2, 0.25) is 0 Å². The zero-order valence-corrected chi connectivity index (χ0v) is 57.8. The number of carbonyl (C=O) groups is 3. The van der Waals surface area contributed by atoms with Crippen molar-refractivity contribution in [2.24, 2.45) is 0 Å². The lowest BCUT2D eigenvalue weighted by atomic mass is 9.88. The molecule has 3 aliphatic heterocycles. The van der Waals surface area contributed by atoms with Gasteiger partial charge in [-0.2, -0.15) is 0 Å². The van der Waals surface area contributed by atoms with Crippen LogP contribution < -0.4 is 10.6 Å². The largest absolute Gasteiger partial charge is 0.477 e. The number of nitrogens with one attached hydrogen (secondary N) is 2. The lowest BCUT2D eigenvalue weighted by Gasteiger charge is -2.50. The monoisotopic (exact) mass is 1350 g/mol. The van der Waals surface area contributed by atoms with Gasteiger partial charge in [-0.1, -0.05) is 257 Å². The zero-order chi connectivity index (χ0) is 68.9. The van der Waals surface area contributed by atoms with Crippen LogP contribution in [0.4, 0.5) is 0 Å². The van der Waals surface area contributed by atoms with Gasteiger partial charge in [0.05, 0.1) is 50.7 Å². The van der Waals surface area contributed by atoms with E-state index in [0.717, 1.165) is 51.9 Å². The van der Waals surface area contributed by atoms with Gasteiger partial charge in [0.25, 0.3) is 5.79 Å². The molecule has 3 rings (SSSR count). The molecule has 18 unspecified atom stereocenters. The average Bonchev–Trinajstić information content (AvgIpc) is 0.760. The van der Waals surface area contributed by atoms with Crippen molar-refractivity contribution < 1.29 is 104 Å². The van der Waals surface area contributed by atoms with E-state index in [-0.39, 0.29) is 12.3 Å². The minimum Gasteiger partial charge on any atom is -0.477 e. The van der Waals surface area contributed by atoms with E-state index in [1.54, 1.807) is 6.08 Å². The SMILES string of the molecule is CCCCCCCCCC/C=C/C(O)C(COC1OC(CO)C(OC2OC(CO)C(O)C(OC3(C(=O)O)CC(O)C(NC(C)=O)C(C(O)C(O)CO)O3)C2O)C(O)C1O)NC(=O)CCCCCCCCCCCCCCCCCCCCCCCCCCCCCCCC. The number of ether oxygens (including phenoxy) is 6. The minimum absolute atomic E-state index is 0.205. The zero-order valence-electron chi connectivity index (χ0n) is 57.8. The molecule has 0 bridgehead atoms. The first kappa shape index (κ1) is 85.7. The van der Waals surface area contributed by atoms with Crippen molar-refractivity contribution in [3.63, 3.8) is 0 Å². The molecule has 18 atom stereocenters. The second-order valence-electron chi connectivity index (χ2n) is 27.2. The van der Waals surface area contributed by atoms with Crippen LogP contribution in [0.1, 0.15) is 284 Å². The van der Waals surface area contributed by atoms with Crippen LogP contribution in [0, 0.1) is 0 Å². The first-order valence-electron chi connectivity index (χ1n) is 37.1. The third kappa shape index (κ3) is 33.1. The fourth-order valence-corrected chi connectivity index (χ4v) is 13.1. The fourth-order valence-electron chi connectivity index (χ4n) is 13.1. The van der Waals surface area contributed by atoms with E-state index in [9.17, 15) is 75.7 Å². The molecule has 0 radical (unpaired) electrons. The van der Waals surface area contributed by atoms with Crippen molar-refractivity contribution in [1.82, 2.24) is 10.6 Å². The summed E-state index contributed by atoms with van der Waals surface area (Å²) in [5, 5.41) is 136. The average molecular weight is 1350 g/mol. The number of rotatable bonds is 57. The van der Waals surface area contributed by atoms with Crippen LogP contribution in [-0.4, -0.2) is 215 Å². The van der Waals surface area contributed by atoms with Gasteiger partial charge >= 0.3 is 5.97 Å². The van der Waals surface area contributed by atoms with Crippen molar-refractivity contribution in [3.8, 4) is 0 Å². The molecule has 23 nitrogen and oxygen atoms in total. The molecular weight excluding hydrogens is 1220 g/mol. The van der Waals surface area contributed by atoms with Crippen LogP contribution in [-0.2, 0) is 42.8 Å². The number of aliphatic carboxylic acids is 1. The Hall–Kier alpha value is -2.53. The second-order valence-corrected chi connectivity index (χ2v) is 27.2. The summed E-state index contributed by atoms with van der Waals surface area (Å²) in [6.07, 6.45) is 23.0. The maximum absolute atomic E-state index is 13.4. The van der Waals surface area contributed by atoms with E-state index in [2.05, 4.69) is 24.5 Å². The molecule has 0 aromatic heterocycles. The van der Waals surface area contributed by atoms with E-state index < -0.39 is 155 Å². The summed E-state index contributed by atoms with van der Waals surface area (Å²) in [6, 6.07) is -2.61. The summed E-state index contributed by atoms with van der Waals surface area (Å²) >= 11 is 0. The van der Waals surface area contributed by atoms with E-state index in [1.165, 1.54) is 193 Å². The number of amides is 2. The number of carboxylic acids is 1. The van der Waals surface area contributed by atoms with Crippen LogP contribution >= 0.6 is 0 Å². The molecular formula is C71H132N2O21. The highest BCUT2D eigenvalue weighted by Crippen LogP contribution is 2.39. The summed E-state index contributed by atoms with van der Waals surface area (Å²) in [6.45, 7) is 2.12. The number of hydrogen-bond donors (Lipinski definition) is 14. The summed E-state index contributed by atoms with van der Waals surface area (Å²) < 4.78 is 34.8. The predicted molar refractivity (Wildman–Crippen MR) is 357 cm³/mol. The number of hydrogen-bond acceptors (Lipinski definition) is 20. The van der Waals surface area contributed by atoms with E-state index in [0.29, 0.717) is 12.8 Å². The van der Waals surface area contributed by atoms with Crippen molar-refractivity contribution in [3.05, 3.63) is 12.2 Å². The van der Waals surface area contributed by atoms with Gasteiger partial charge in [0.15, 0.2) is 12.6 Å². The van der Waals surface area contributed by atoms with Crippen LogP contribution in [0.3, 0.4) is 0 Å². The third-order valence-corrected chi connectivity index (χ3v) is 19.0. The van der Waals surface area contributed by atoms with Crippen LogP contribution in [0.15, 0.2) is 12.2 Å². The van der Waals surface area contributed by atoms with Gasteiger partial charge in [-0.15, -0.1) is 0 Å². The minimum atomic E-state index is -3.08. The summed E-state index contributed by atoms with van der Waals surface area (Å²) in [4.78, 5) is 38.5. The van der Waals surface area contributed by atoms with Gasteiger partial charge in [0.2, 0.25) is 11.8 Å². The molecule has 0 aromatic rings. The lowest BCUT2D eigenvalue weighted by Crippen LogP contribution is -2.70. The molecule has 3 saturated heterocycles. The molecule has 0 saturated carbocycles. The molecule has 3 aliphatic rings. The summed E-state index contributed by atoms with van der Waals surface area (Å²) in [5.74, 6) is -6.14. The van der Waals surface area contributed by atoms with Gasteiger partial charge in [-0.05, 0) is 19.3 Å². The molecule has 0 spiro atoms. The van der Waals surface area contributed by atoms with Gasteiger partial charge in [-0.25, -0.2) is 4.79 Å². The van der Waals surface area contributed by atoms with Crippen molar-refractivity contribution in [2.75, 3.05) is 26.4 Å². The van der Waals surface area contributed by atoms with Crippen molar-refractivity contribution in [1.29, 1.82) is 0 Å². The first-order chi connectivity index (χ1) is 45.4. The van der Waals surface area contributed by atoms with Crippen LogP contribution in [0.5, 0.6) is 0 Å². The Kier molecular flexibility index (Phi) is 47.0. The number of allylic oxidation sites excluding steroid dienone is 1. The normalized spacial score (nSPS) is 27.9. The highest BCUT2D eigenvalue weighted by atomic mass is 16.8. The van der Waals surface area contributed by atoms with E-state index in [1.807, 2.05) is 6.08 Å². The third-order valence-electron chi connectivity index (χ3n) is 19.0. The Morgan fingerprint density at radius 3 is 1.41 bits per heavy atom. The number of carboxylic acid groups (broad SMARTS) is 1. The van der Waals surface area contributed by atoms with Crippen molar-refractivity contribution >= 4 is 17.8 Å². The molecule has 3 fully saturated rings. The Balaban J connectivity index is 1.46. The fraction of sp³-hybridized carbons (Fsp3) is 0.930. The number of aliphatic hydroxyl groups excluding tert-OH is 11. The molecule has 552 valence electrons. The highest BCUT2D eigenvalue weighted by molar-refractivity contribution is 5.77. The quantitative estimate of drug-likeness (QED) is 0.0203. The number of unbranched alkanes of at least 4 members (excludes halogenated alkanes) is 37. The Morgan fingerprint density at radius 2 is 0.989 bits per heavy atom. The number of carbonyl (C=O) groups excluding carboxylic acids is 2. The smallest absolute Gasteiger partial charge is 0.364 e. The van der Waals surface area contributed by atoms with Gasteiger partial charge in [-0.3, -0.25) is 9.59 Å². The van der Waals surface area contributed by atoms with Gasteiger partial charge in [0, 0.05) is 19.8 Å². The maximum Gasteiger partial charge on any atom is 0.364 e. The maximum atomic E-state index is 13.4. The van der Waals surface area contributed by atoms with E-state index in [4.69, 9.17) is 28.4 Å². The topological polar surface area (TPSA) is 373 Å². The van der Waals surface area contributed by atoms with Crippen molar-refractivity contribution in [2.45, 2.75) is 394 Å². The molecule has 23 heteroatoms. The Labute approximate surface area is 562 Å². The molecule has 3 heterocycles. The second kappa shape index (κ2) is 51.6. The molecule has 0 aromatic carbocycles. The molecule has 94 heavy (non-hydrogen) atoms.